The van der Waals surface area contributed by atoms with Crippen LogP contribution in [0.4, 0.5) is 13.2 Å². The van der Waals surface area contributed by atoms with E-state index < -0.39 is 15.5 Å². The Morgan fingerprint density at radius 2 is 1.76 bits per heavy atom. The first kappa shape index (κ1) is 22.0. The molecule has 0 unspecified atom stereocenters. The van der Waals surface area contributed by atoms with Crippen molar-refractivity contribution in [3.05, 3.63) is 0 Å². The molecule has 1 fully saturated rings. The van der Waals surface area contributed by atoms with Gasteiger partial charge < -0.3 is 15.5 Å². The van der Waals surface area contributed by atoms with Gasteiger partial charge in [-0.3, -0.25) is 4.99 Å². The third kappa shape index (κ3) is 5.71. The second kappa shape index (κ2) is 8.09. The molecule has 148 valence electrons. The molecule has 11 heteroatoms. The third-order valence-corrected chi connectivity index (χ3v) is 6.18. The first-order valence-corrected chi connectivity index (χ1v) is 9.46. The maximum absolute atomic E-state index is 12.6. The average molecular weight is 387 g/mol. The van der Waals surface area contributed by atoms with Gasteiger partial charge in [0, 0.05) is 38.3 Å². The van der Waals surface area contributed by atoms with Gasteiger partial charge >= 0.3 is 15.5 Å². The molecular weight excluding hydrogens is 359 g/mol. The minimum Gasteiger partial charge on any atom is -0.355 e. The topological polar surface area (TPSA) is 77.0 Å². The van der Waals surface area contributed by atoms with Gasteiger partial charge in [0.05, 0.1) is 0 Å². The number of nitrogens with one attached hydrogen (secondary N) is 2. The van der Waals surface area contributed by atoms with Crippen molar-refractivity contribution < 1.29 is 21.6 Å². The minimum atomic E-state index is -5.25. The summed E-state index contributed by atoms with van der Waals surface area (Å²) in [6.45, 7) is 4.42. The molecule has 0 radical (unpaired) electrons. The molecule has 0 aromatic heterocycles. The average Bonchev–Trinajstić information content (AvgIpc) is 2.50. The molecule has 1 aliphatic heterocycles. The molecule has 1 aliphatic rings. The molecule has 0 atom stereocenters. The highest BCUT2D eigenvalue weighted by molar-refractivity contribution is 7.90. The van der Waals surface area contributed by atoms with Crippen LogP contribution in [0, 0.1) is 0 Å². The molecule has 7 nitrogen and oxygen atoms in total. The molecule has 1 heterocycles. The van der Waals surface area contributed by atoms with Crippen molar-refractivity contribution in [2.45, 2.75) is 43.8 Å². The lowest BCUT2D eigenvalue weighted by Gasteiger charge is -2.35. The fourth-order valence-corrected chi connectivity index (χ4v) is 3.22. The smallest absolute Gasteiger partial charge is 0.355 e. The Kier molecular flexibility index (Phi) is 7.11. The van der Waals surface area contributed by atoms with Crippen LogP contribution in [0.25, 0.3) is 0 Å². The zero-order valence-corrected chi connectivity index (χ0v) is 16.1. The predicted molar refractivity (Wildman–Crippen MR) is 91.8 cm³/mol. The minimum absolute atomic E-state index is 0.109. The van der Waals surface area contributed by atoms with Crippen molar-refractivity contribution in [1.29, 1.82) is 0 Å². The van der Waals surface area contributed by atoms with Gasteiger partial charge in [0.15, 0.2) is 5.96 Å². The zero-order chi connectivity index (χ0) is 19.5. The number of piperidine rings is 1. The number of sulfonamides is 1. The predicted octanol–water partition coefficient (Wildman–Crippen LogP) is 0.806. The van der Waals surface area contributed by atoms with E-state index in [0.29, 0.717) is 16.8 Å². The number of guanidine groups is 1. The maximum atomic E-state index is 12.6. The Bertz CT molecular complexity index is 568. The van der Waals surface area contributed by atoms with Crippen molar-refractivity contribution in [2.24, 2.45) is 4.99 Å². The largest absolute Gasteiger partial charge is 0.511 e. The van der Waals surface area contributed by atoms with E-state index in [0.717, 1.165) is 0 Å². The van der Waals surface area contributed by atoms with E-state index >= 15 is 0 Å². The molecule has 0 aromatic carbocycles. The Morgan fingerprint density at radius 3 is 2.16 bits per heavy atom. The lowest BCUT2D eigenvalue weighted by atomic mass is 10.0. The molecule has 0 aliphatic carbocycles. The highest BCUT2D eigenvalue weighted by atomic mass is 32.2. The van der Waals surface area contributed by atoms with E-state index in [4.69, 9.17) is 0 Å². The summed E-state index contributed by atoms with van der Waals surface area (Å²) in [6, 6.07) is -0.131. The monoisotopic (exact) mass is 387 g/mol. The highest BCUT2D eigenvalue weighted by Gasteiger charge is 2.50. The van der Waals surface area contributed by atoms with Gasteiger partial charge in [0.2, 0.25) is 0 Å². The molecule has 1 rings (SSSR count). The standard InChI is InChI=1S/C14H28F3N5O2S/c1-13(2,21(4)5)10-19-12(18-3)20-11-6-8-22(9-7-11)25(23,24)14(15,16)17/h11H,6-10H2,1-5H3,(H2,18,19,20). The van der Waals surface area contributed by atoms with Gasteiger partial charge in [0.25, 0.3) is 0 Å². The number of hydrogen-bond donors (Lipinski definition) is 2. The fraction of sp³-hybridized carbons (Fsp3) is 0.929. The summed E-state index contributed by atoms with van der Waals surface area (Å²) in [5.41, 5.74) is -5.36. The van der Waals surface area contributed by atoms with Crippen LogP contribution in [-0.2, 0) is 10.0 Å². The van der Waals surface area contributed by atoms with E-state index in [1.807, 2.05) is 14.1 Å². The summed E-state index contributed by atoms with van der Waals surface area (Å²) in [4.78, 5) is 6.18. The van der Waals surface area contributed by atoms with Gasteiger partial charge in [0.1, 0.15) is 0 Å². The van der Waals surface area contributed by atoms with Crippen molar-refractivity contribution in [3.8, 4) is 0 Å². The molecule has 0 spiro atoms. The van der Waals surface area contributed by atoms with Gasteiger partial charge in [-0.25, -0.2) is 8.42 Å². The van der Waals surface area contributed by atoms with E-state index in [2.05, 4.69) is 34.4 Å². The van der Waals surface area contributed by atoms with Crippen LogP contribution < -0.4 is 10.6 Å². The Labute approximate surface area is 147 Å². The molecule has 0 aromatic rings. The molecule has 0 saturated carbocycles. The SMILES string of the molecule is CN=C(NCC(C)(C)N(C)C)NC1CCN(S(=O)(=O)C(F)(F)F)CC1. The maximum Gasteiger partial charge on any atom is 0.511 e. The van der Waals surface area contributed by atoms with Crippen molar-refractivity contribution in [1.82, 2.24) is 19.8 Å². The van der Waals surface area contributed by atoms with Crippen molar-refractivity contribution in [2.75, 3.05) is 40.8 Å². The molecule has 0 amide bonds. The van der Waals surface area contributed by atoms with Gasteiger partial charge in [-0.1, -0.05) is 0 Å². The lowest BCUT2D eigenvalue weighted by molar-refractivity contribution is -0.0494. The quantitative estimate of drug-likeness (QED) is 0.539. The van der Waals surface area contributed by atoms with Crippen LogP contribution in [0.5, 0.6) is 0 Å². The number of hydrogen-bond acceptors (Lipinski definition) is 4. The van der Waals surface area contributed by atoms with Crippen LogP contribution in [0.3, 0.4) is 0 Å². The normalized spacial score (nSPS) is 19.3. The summed E-state index contributed by atoms with van der Waals surface area (Å²) in [5, 5.41) is 6.33. The summed E-state index contributed by atoms with van der Waals surface area (Å²) in [7, 11) is 0.304. The Morgan fingerprint density at radius 1 is 1.24 bits per heavy atom. The van der Waals surface area contributed by atoms with Gasteiger partial charge in [-0.05, 0) is 40.8 Å². The summed E-state index contributed by atoms with van der Waals surface area (Å²) in [6.07, 6.45) is 0.570. The molecule has 1 saturated heterocycles. The summed E-state index contributed by atoms with van der Waals surface area (Å²) in [5.74, 6) is 0.548. The van der Waals surface area contributed by atoms with E-state index in [-0.39, 0.29) is 37.5 Å². The Hall–Kier alpha value is -1.07. The lowest BCUT2D eigenvalue weighted by Crippen LogP contribution is -2.54. The van der Waals surface area contributed by atoms with E-state index in [9.17, 15) is 21.6 Å². The van der Waals surface area contributed by atoms with Crippen LogP contribution in [0.2, 0.25) is 0 Å². The molecule has 25 heavy (non-hydrogen) atoms. The third-order valence-electron chi connectivity index (χ3n) is 4.55. The summed E-state index contributed by atoms with van der Waals surface area (Å²) >= 11 is 0. The van der Waals surface area contributed by atoms with E-state index in [1.54, 1.807) is 7.05 Å². The fourth-order valence-electron chi connectivity index (χ4n) is 2.23. The highest BCUT2D eigenvalue weighted by Crippen LogP contribution is 2.28. The van der Waals surface area contributed by atoms with E-state index in [1.165, 1.54) is 0 Å². The number of rotatable bonds is 5. The second-order valence-corrected chi connectivity index (χ2v) is 8.83. The first-order chi connectivity index (χ1) is 11.3. The van der Waals surface area contributed by atoms with Crippen molar-refractivity contribution in [3.63, 3.8) is 0 Å². The molecule has 2 N–H and O–H groups in total. The Balaban J connectivity index is 2.55. The van der Waals surface area contributed by atoms with Gasteiger partial charge in [-0.15, -0.1) is 0 Å². The number of halogens is 3. The van der Waals surface area contributed by atoms with Crippen LogP contribution in [0.15, 0.2) is 4.99 Å². The van der Waals surface area contributed by atoms with Crippen LogP contribution in [-0.4, -0.2) is 81.4 Å². The zero-order valence-electron chi connectivity index (χ0n) is 15.3. The number of likely N-dealkylation sites (N-methyl/N-ethyl adjacent to an activating group) is 1. The van der Waals surface area contributed by atoms with Gasteiger partial charge in [-0.2, -0.15) is 17.5 Å². The van der Waals surface area contributed by atoms with Crippen LogP contribution in [0.1, 0.15) is 26.7 Å². The molecule has 0 bridgehead atoms. The first-order valence-electron chi connectivity index (χ1n) is 8.02. The summed E-state index contributed by atoms with van der Waals surface area (Å²) < 4.78 is 61.1. The second-order valence-electron chi connectivity index (χ2n) is 6.90. The molecular formula is C14H28F3N5O2S. The number of nitrogens with zero attached hydrogens (tertiary/aromatic N) is 3. The van der Waals surface area contributed by atoms with Crippen LogP contribution >= 0.6 is 0 Å². The van der Waals surface area contributed by atoms with Crippen molar-refractivity contribution >= 4 is 16.0 Å². The number of aliphatic imine (C=N–C) groups is 1. The number of alkyl halides is 3.